The fourth-order valence-electron chi connectivity index (χ4n) is 1.92. The SMILES string of the molecule is CCC(NC)c1ccc(-c2cc(Cl)ccc2F)o1. The highest BCUT2D eigenvalue weighted by Gasteiger charge is 2.14. The molecule has 1 N–H and O–H groups in total. The third kappa shape index (κ3) is 2.57. The van der Waals surface area contributed by atoms with Gasteiger partial charge in [-0.3, -0.25) is 0 Å². The number of halogens is 2. The Labute approximate surface area is 111 Å². The first-order valence-electron chi connectivity index (χ1n) is 5.88. The summed E-state index contributed by atoms with van der Waals surface area (Å²) in [4.78, 5) is 0. The molecule has 0 radical (unpaired) electrons. The molecule has 0 aliphatic rings. The molecule has 2 nitrogen and oxygen atoms in total. The Bertz CT molecular complexity index is 534. The van der Waals surface area contributed by atoms with Gasteiger partial charge in [0, 0.05) is 5.02 Å². The summed E-state index contributed by atoms with van der Waals surface area (Å²) in [5.41, 5.74) is 0.389. The monoisotopic (exact) mass is 267 g/mol. The van der Waals surface area contributed by atoms with Crippen LogP contribution in [0.5, 0.6) is 0 Å². The first-order chi connectivity index (χ1) is 8.65. The smallest absolute Gasteiger partial charge is 0.137 e. The van der Waals surface area contributed by atoms with Gasteiger partial charge in [0.2, 0.25) is 0 Å². The van der Waals surface area contributed by atoms with Gasteiger partial charge < -0.3 is 9.73 Å². The van der Waals surface area contributed by atoms with E-state index in [9.17, 15) is 4.39 Å². The second-order valence-corrected chi connectivity index (χ2v) is 4.51. The lowest BCUT2D eigenvalue weighted by Crippen LogP contribution is -2.14. The van der Waals surface area contributed by atoms with Gasteiger partial charge in [-0.2, -0.15) is 0 Å². The minimum atomic E-state index is -0.335. The number of benzene rings is 1. The van der Waals surface area contributed by atoms with Crippen LogP contribution in [0, 0.1) is 5.82 Å². The number of hydrogen-bond donors (Lipinski definition) is 1. The summed E-state index contributed by atoms with van der Waals surface area (Å²) >= 11 is 5.87. The van der Waals surface area contributed by atoms with Crippen molar-refractivity contribution in [1.29, 1.82) is 0 Å². The Morgan fingerprint density at radius 1 is 1.33 bits per heavy atom. The first kappa shape index (κ1) is 13.1. The van der Waals surface area contributed by atoms with Crippen LogP contribution in [-0.4, -0.2) is 7.05 Å². The molecule has 1 aromatic heterocycles. The number of hydrogen-bond acceptors (Lipinski definition) is 2. The summed E-state index contributed by atoms with van der Waals surface area (Å²) in [6, 6.07) is 8.20. The van der Waals surface area contributed by atoms with Gasteiger partial charge in [0.05, 0.1) is 11.6 Å². The molecule has 4 heteroatoms. The highest BCUT2D eigenvalue weighted by molar-refractivity contribution is 6.30. The lowest BCUT2D eigenvalue weighted by molar-refractivity contribution is 0.430. The van der Waals surface area contributed by atoms with Crippen molar-refractivity contribution in [3.8, 4) is 11.3 Å². The van der Waals surface area contributed by atoms with E-state index in [-0.39, 0.29) is 11.9 Å². The van der Waals surface area contributed by atoms with Crippen LogP contribution in [0.25, 0.3) is 11.3 Å². The van der Waals surface area contributed by atoms with Crippen molar-refractivity contribution >= 4 is 11.6 Å². The van der Waals surface area contributed by atoms with E-state index in [1.54, 1.807) is 12.1 Å². The molecule has 1 unspecified atom stereocenters. The van der Waals surface area contributed by atoms with E-state index in [2.05, 4.69) is 12.2 Å². The molecule has 1 aromatic carbocycles. The van der Waals surface area contributed by atoms with E-state index in [0.29, 0.717) is 16.3 Å². The highest BCUT2D eigenvalue weighted by Crippen LogP contribution is 2.30. The molecule has 2 rings (SSSR count). The molecule has 0 bridgehead atoms. The van der Waals surface area contributed by atoms with Crippen molar-refractivity contribution < 1.29 is 8.81 Å². The topological polar surface area (TPSA) is 25.2 Å². The van der Waals surface area contributed by atoms with E-state index in [1.807, 2.05) is 13.1 Å². The fourth-order valence-corrected chi connectivity index (χ4v) is 2.09. The van der Waals surface area contributed by atoms with Crippen LogP contribution < -0.4 is 5.32 Å². The minimum absolute atomic E-state index is 0.140. The zero-order valence-corrected chi connectivity index (χ0v) is 11.1. The standard InChI is InChI=1S/C14H15ClFNO/c1-3-12(17-2)14-7-6-13(18-14)10-8-9(15)4-5-11(10)16/h4-8,12,17H,3H2,1-2H3. The maximum Gasteiger partial charge on any atom is 0.137 e. The Kier molecular flexibility index (Phi) is 4.04. The summed E-state index contributed by atoms with van der Waals surface area (Å²) in [6.45, 7) is 2.06. The summed E-state index contributed by atoms with van der Waals surface area (Å²) in [6.07, 6.45) is 0.904. The van der Waals surface area contributed by atoms with Crippen LogP contribution in [0.15, 0.2) is 34.7 Å². The molecule has 0 saturated heterocycles. The molecule has 18 heavy (non-hydrogen) atoms. The number of nitrogens with one attached hydrogen (secondary N) is 1. The van der Waals surface area contributed by atoms with Crippen LogP contribution in [0.2, 0.25) is 5.02 Å². The molecule has 1 heterocycles. The summed E-state index contributed by atoms with van der Waals surface area (Å²) in [7, 11) is 1.87. The van der Waals surface area contributed by atoms with E-state index >= 15 is 0 Å². The Balaban J connectivity index is 2.37. The van der Waals surface area contributed by atoms with Crippen molar-refractivity contribution in [1.82, 2.24) is 5.32 Å². The molecule has 1 atom stereocenters. The van der Waals surface area contributed by atoms with Crippen LogP contribution >= 0.6 is 11.6 Å². The molecule has 0 spiro atoms. The third-order valence-electron chi connectivity index (χ3n) is 2.92. The summed E-state index contributed by atoms with van der Waals surface area (Å²) in [5, 5.41) is 3.64. The molecule has 0 saturated carbocycles. The van der Waals surface area contributed by atoms with Crippen molar-refractivity contribution in [3.63, 3.8) is 0 Å². The third-order valence-corrected chi connectivity index (χ3v) is 3.16. The minimum Gasteiger partial charge on any atom is -0.459 e. The van der Waals surface area contributed by atoms with Gasteiger partial charge in [-0.1, -0.05) is 18.5 Å². The first-order valence-corrected chi connectivity index (χ1v) is 6.26. The molecule has 96 valence electrons. The molecular formula is C14H15ClFNO. The van der Waals surface area contributed by atoms with Crippen molar-refractivity contribution in [2.45, 2.75) is 19.4 Å². The normalized spacial score (nSPS) is 12.7. The summed E-state index contributed by atoms with van der Waals surface area (Å²) < 4.78 is 19.4. The zero-order valence-electron chi connectivity index (χ0n) is 10.3. The average Bonchev–Trinajstić information content (AvgIpc) is 2.83. The predicted octanol–water partition coefficient (Wildman–Crippen LogP) is 4.41. The fraction of sp³-hybridized carbons (Fsp3) is 0.286. The van der Waals surface area contributed by atoms with E-state index < -0.39 is 0 Å². The molecule has 0 aliphatic heterocycles. The average molecular weight is 268 g/mol. The maximum atomic E-state index is 13.7. The summed E-state index contributed by atoms with van der Waals surface area (Å²) in [5.74, 6) is 0.964. The second kappa shape index (κ2) is 5.55. The van der Waals surface area contributed by atoms with E-state index in [4.69, 9.17) is 16.0 Å². The Hall–Kier alpha value is -1.32. The predicted molar refractivity (Wildman–Crippen MR) is 71.2 cm³/mol. The molecule has 0 amide bonds. The lowest BCUT2D eigenvalue weighted by Gasteiger charge is -2.10. The molecular weight excluding hydrogens is 253 g/mol. The molecule has 2 aromatic rings. The second-order valence-electron chi connectivity index (χ2n) is 4.08. The van der Waals surface area contributed by atoms with E-state index in [1.165, 1.54) is 12.1 Å². The molecule has 0 aliphatic carbocycles. The van der Waals surface area contributed by atoms with Gasteiger partial charge >= 0.3 is 0 Å². The van der Waals surface area contributed by atoms with E-state index in [0.717, 1.165) is 12.2 Å². The van der Waals surface area contributed by atoms with Crippen molar-refractivity contribution in [2.75, 3.05) is 7.05 Å². The number of rotatable bonds is 4. The van der Waals surface area contributed by atoms with Crippen molar-refractivity contribution in [2.24, 2.45) is 0 Å². The van der Waals surface area contributed by atoms with Crippen LogP contribution in [0.4, 0.5) is 4.39 Å². The van der Waals surface area contributed by atoms with Crippen LogP contribution in [0.3, 0.4) is 0 Å². The van der Waals surface area contributed by atoms with Crippen molar-refractivity contribution in [3.05, 3.63) is 46.9 Å². The largest absolute Gasteiger partial charge is 0.459 e. The maximum absolute atomic E-state index is 13.7. The van der Waals surface area contributed by atoms with Gasteiger partial charge in [-0.25, -0.2) is 4.39 Å². The Morgan fingerprint density at radius 3 is 2.78 bits per heavy atom. The van der Waals surface area contributed by atoms with Gasteiger partial charge in [0.1, 0.15) is 17.3 Å². The Morgan fingerprint density at radius 2 is 2.11 bits per heavy atom. The van der Waals surface area contributed by atoms with Gasteiger partial charge in [0.25, 0.3) is 0 Å². The number of furan rings is 1. The van der Waals surface area contributed by atoms with Crippen LogP contribution in [0.1, 0.15) is 25.1 Å². The van der Waals surface area contributed by atoms with Gasteiger partial charge in [-0.05, 0) is 43.8 Å². The molecule has 0 fully saturated rings. The van der Waals surface area contributed by atoms with Crippen LogP contribution in [-0.2, 0) is 0 Å². The quantitative estimate of drug-likeness (QED) is 0.888. The zero-order chi connectivity index (χ0) is 13.1. The van der Waals surface area contributed by atoms with Gasteiger partial charge in [-0.15, -0.1) is 0 Å². The lowest BCUT2D eigenvalue weighted by atomic mass is 10.1. The van der Waals surface area contributed by atoms with Gasteiger partial charge in [0.15, 0.2) is 0 Å². The highest BCUT2D eigenvalue weighted by atomic mass is 35.5.